The summed E-state index contributed by atoms with van der Waals surface area (Å²) in [4.78, 5) is 2.60. The minimum Gasteiger partial charge on any atom is -0.388 e. The minimum atomic E-state index is 0.371. The Balaban J connectivity index is 1.82. The molecule has 1 aliphatic carbocycles. The first kappa shape index (κ1) is 12.2. The molecular weight excluding hydrogens is 218 g/mol. The van der Waals surface area contributed by atoms with Crippen LogP contribution in [-0.2, 0) is 0 Å². The van der Waals surface area contributed by atoms with E-state index < -0.39 is 0 Å². The van der Waals surface area contributed by atoms with Crippen molar-refractivity contribution in [2.45, 2.75) is 37.9 Å². The highest BCUT2D eigenvalue weighted by atomic mass is 32.2. The van der Waals surface area contributed by atoms with Gasteiger partial charge in [-0.1, -0.05) is 6.92 Å². The maximum absolute atomic E-state index is 7.44. The zero-order chi connectivity index (χ0) is 11.6. The predicted octanol–water partition coefficient (Wildman–Crippen LogP) is 1.92. The molecule has 0 aromatic carbocycles. The van der Waals surface area contributed by atoms with Gasteiger partial charge in [0.05, 0.1) is 5.84 Å². The van der Waals surface area contributed by atoms with Gasteiger partial charge in [-0.2, -0.15) is 11.8 Å². The predicted molar refractivity (Wildman–Crippen MR) is 71.2 cm³/mol. The highest BCUT2D eigenvalue weighted by Crippen LogP contribution is 2.49. The molecular formula is C12H23N3S. The van der Waals surface area contributed by atoms with E-state index >= 15 is 0 Å². The number of amidine groups is 1. The third-order valence-electron chi connectivity index (χ3n) is 3.76. The third kappa shape index (κ3) is 3.14. The molecule has 2 rings (SSSR count). The van der Waals surface area contributed by atoms with E-state index in [1.165, 1.54) is 44.6 Å². The van der Waals surface area contributed by atoms with Gasteiger partial charge in [-0.3, -0.25) is 5.41 Å². The number of thioether (sulfide) groups is 1. The van der Waals surface area contributed by atoms with E-state index in [-0.39, 0.29) is 0 Å². The molecule has 1 heterocycles. The molecule has 0 radical (unpaired) electrons. The molecule has 1 saturated carbocycles. The summed E-state index contributed by atoms with van der Waals surface area (Å²) in [7, 11) is 0. The number of hydrogen-bond donors (Lipinski definition) is 2. The summed E-state index contributed by atoms with van der Waals surface area (Å²) in [6.07, 6.45) is 4.63. The average molecular weight is 241 g/mol. The van der Waals surface area contributed by atoms with Gasteiger partial charge in [-0.15, -0.1) is 0 Å². The van der Waals surface area contributed by atoms with Crippen molar-refractivity contribution in [3.8, 4) is 0 Å². The molecule has 3 N–H and O–H groups in total. The van der Waals surface area contributed by atoms with Crippen LogP contribution >= 0.6 is 11.8 Å². The van der Waals surface area contributed by atoms with E-state index in [2.05, 4.69) is 23.6 Å². The van der Waals surface area contributed by atoms with E-state index in [9.17, 15) is 0 Å². The van der Waals surface area contributed by atoms with Crippen LogP contribution < -0.4 is 5.73 Å². The summed E-state index contributed by atoms with van der Waals surface area (Å²) in [6.45, 7) is 5.91. The van der Waals surface area contributed by atoms with Crippen molar-refractivity contribution in [1.29, 1.82) is 5.41 Å². The van der Waals surface area contributed by atoms with E-state index in [1.807, 2.05) is 0 Å². The van der Waals surface area contributed by atoms with E-state index in [0.29, 0.717) is 11.3 Å². The fraction of sp³-hybridized carbons (Fsp3) is 0.917. The molecule has 0 bridgehead atoms. The molecule has 2 aliphatic rings. The van der Waals surface area contributed by atoms with Crippen LogP contribution in [0.5, 0.6) is 0 Å². The Morgan fingerprint density at radius 1 is 1.56 bits per heavy atom. The Bertz CT molecular complexity index is 263. The first-order chi connectivity index (χ1) is 7.63. The first-order valence-electron chi connectivity index (χ1n) is 6.30. The second-order valence-electron chi connectivity index (χ2n) is 5.34. The average Bonchev–Trinajstić information content (AvgIpc) is 2.97. The zero-order valence-electron chi connectivity index (χ0n) is 10.2. The molecule has 16 heavy (non-hydrogen) atoms. The molecule has 0 aromatic rings. The molecule has 3 nitrogen and oxygen atoms in total. The number of nitrogens with zero attached hydrogens (tertiary/aromatic N) is 1. The Morgan fingerprint density at radius 3 is 2.88 bits per heavy atom. The summed E-state index contributed by atoms with van der Waals surface area (Å²) < 4.78 is 0. The molecule has 1 saturated heterocycles. The van der Waals surface area contributed by atoms with Gasteiger partial charge in [0.15, 0.2) is 0 Å². The van der Waals surface area contributed by atoms with Gasteiger partial charge in [-0.05, 0) is 24.7 Å². The summed E-state index contributed by atoms with van der Waals surface area (Å²) in [6, 6.07) is 0. The summed E-state index contributed by atoms with van der Waals surface area (Å²) in [5.41, 5.74) is 5.92. The molecule has 0 aromatic heterocycles. The van der Waals surface area contributed by atoms with Gasteiger partial charge in [-0.25, -0.2) is 0 Å². The maximum Gasteiger partial charge on any atom is 0.0911 e. The van der Waals surface area contributed by atoms with Gasteiger partial charge in [0.25, 0.3) is 0 Å². The van der Waals surface area contributed by atoms with Crippen molar-refractivity contribution in [2.24, 2.45) is 11.1 Å². The van der Waals surface area contributed by atoms with Gasteiger partial charge in [0.2, 0.25) is 0 Å². The van der Waals surface area contributed by atoms with Crippen LogP contribution in [0.4, 0.5) is 0 Å². The molecule has 92 valence electrons. The largest absolute Gasteiger partial charge is 0.388 e. The SMILES string of the molecule is CCC1CN(CC2(CC(=N)N)CC2)CCS1. The maximum atomic E-state index is 7.44. The van der Waals surface area contributed by atoms with Crippen molar-refractivity contribution in [3.63, 3.8) is 0 Å². The van der Waals surface area contributed by atoms with E-state index in [1.54, 1.807) is 0 Å². The lowest BCUT2D eigenvalue weighted by atomic mass is 10.0. The Labute approximate surface area is 103 Å². The van der Waals surface area contributed by atoms with Gasteiger partial charge in [0.1, 0.15) is 0 Å². The first-order valence-corrected chi connectivity index (χ1v) is 7.35. The van der Waals surface area contributed by atoms with Crippen LogP contribution in [0.25, 0.3) is 0 Å². The van der Waals surface area contributed by atoms with Gasteiger partial charge < -0.3 is 10.6 Å². The lowest BCUT2D eigenvalue weighted by molar-refractivity contribution is 0.227. The van der Waals surface area contributed by atoms with Crippen LogP contribution in [0.3, 0.4) is 0 Å². The number of rotatable bonds is 5. The summed E-state index contributed by atoms with van der Waals surface area (Å²) in [5.74, 6) is 1.64. The summed E-state index contributed by atoms with van der Waals surface area (Å²) in [5, 5.41) is 8.26. The normalized spacial score (nSPS) is 28.9. The molecule has 1 unspecified atom stereocenters. The van der Waals surface area contributed by atoms with Crippen molar-refractivity contribution >= 4 is 17.6 Å². The molecule has 0 amide bonds. The number of nitrogens with two attached hydrogens (primary N) is 1. The minimum absolute atomic E-state index is 0.371. The van der Waals surface area contributed by atoms with E-state index in [4.69, 9.17) is 11.1 Å². The fourth-order valence-electron chi connectivity index (χ4n) is 2.62. The van der Waals surface area contributed by atoms with Crippen molar-refractivity contribution in [1.82, 2.24) is 4.90 Å². The van der Waals surface area contributed by atoms with E-state index in [0.717, 1.165) is 11.7 Å². The van der Waals surface area contributed by atoms with Gasteiger partial charge >= 0.3 is 0 Å². The van der Waals surface area contributed by atoms with Crippen LogP contribution in [0.15, 0.2) is 0 Å². The quantitative estimate of drug-likeness (QED) is 0.571. The third-order valence-corrected chi connectivity index (χ3v) is 5.13. The van der Waals surface area contributed by atoms with Crippen LogP contribution in [0, 0.1) is 10.8 Å². The highest BCUT2D eigenvalue weighted by molar-refractivity contribution is 8.00. The Morgan fingerprint density at radius 2 is 2.31 bits per heavy atom. The molecule has 2 fully saturated rings. The standard InChI is InChI=1S/C12H23N3S/c1-2-10-8-15(5-6-16-10)9-12(3-4-12)7-11(13)14/h10H,2-9H2,1H3,(H3,13,14). The summed E-state index contributed by atoms with van der Waals surface area (Å²) >= 11 is 2.12. The Hall–Kier alpha value is -0.220. The number of nitrogens with one attached hydrogen (secondary N) is 1. The molecule has 4 heteroatoms. The van der Waals surface area contributed by atoms with Crippen molar-refractivity contribution < 1.29 is 0 Å². The van der Waals surface area contributed by atoms with Crippen LogP contribution in [0.1, 0.15) is 32.6 Å². The lowest BCUT2D eigenvalue weighted by Gasteiger charge is -2.34. The zero-order valence-corrected chi connectivity index (χ0v) is 11.0. The highest BCUT2D eigenvalue weighted by Gasteiger charge is 2.44. The Kier molecular flexibility index (Phi) is 3.80. The van der Waals surface area contributed by atoms with Gasteiger partial charge in [0, 0.05) is 37.1 Å². The topological polar surface area (TPSA) is 53.1 Å². The monoisotopic (exact) mass is 241 g/mol. The molecule has 0 spiro atoms. The van der Waals surface area contributed by atoms with Crippen LogP contribution in [0.2, 0.25) is 0 Å². The van der Waals surface area contributed by atoms with Crippen LogP contribution in [-0.4, -0.2) is 41.4 Å². The second-order valence-corrected chi connectivity index (χ2v) is 6.75. The number of hydrogen-bond acceptors (Lipinski definition) is 3. The fourth-order valence-corrected chi connectivity index (χ4v) is 3.87. The second kappa shape index (κ2) is 4.96. The smallest absolute Gasteiger partial charge is 0.0911 e. The van der Waals surface area contributed by atoms with Crippen molar-refractivity contribution in [3.05, 3.63) is 0 Å². The molecule has 1 atom stereocenters. The molecule has 1 aliphatic heterocycles. The lowest BCUT2D eigenvalue weighted by Crippen LogP contribution is -2.41. The van der Waals surface area contributed by atoms with Crippen molar-refractivity contribution in [2.75, 3.05) is 25.4 Å².